The maximum absolute atomic E-state index is 13.2. The Morgan fingerprint density at radius 3 is 2.31 bits per heavy atom. The lowest BCUT2D eigenvalue weighted by molar-refractivity contribution is -0.138. The number of aryl methyl sites for hydroxylation is 1. The number of hydrogen-bond acceptors (Lipinski definition) is 3. The predicted octanol–water partition coefficient (Wildman–Crippen LogP) is 4.55. The molecule has 0 saturated carbocycles. The fourth-order valence-corrected chi connectivity index (χ4v) is 3.50. The number of carbonyl (C=O) groups is 2. The van der Waals surface area contributed by atoms with E-state index in [0.717, 1.165) is 24.0 Å². The van der Waals surface area contributed by atoms with E-state index in [0.29, 0.717) is 23.4 Å². The zero-order chi connectivity index (χ0) is 20.8. The fraction of sp³-hybridized carbons (Fsp3) is 0.280. The molecule has 0 aliphatic carbocycles. The third-order valence-corrected chi connectivity index (χ3v) is 5.16. The molecule has 0 atom stereocenters. The van der Waals surface area contributed by atoms with Crippen LogP contribution in [-0.2, 0) is 27.2 Å². The molecule has 0 aromatic heterocycles. The molecule has 0 N–H and O–H groups in total. The van der Waals surface area contributed by atoms with Gasteiger partial charge in [-0.15, -0.1) is 0 Å². The first-order chi connectivity index (χ1) is 14.0. The highest BCUT2D eigenvalue weighted by atomic mass is 16.5. The van der Waals surface area contributed by atoms with Crippen molar-refractivity contribution in [2.75, 3.05) is 13.2 Å². The lowest BCUT2D eigenvalue weighted by Crippen LogP contribution is -2.27. The summed E-state index contributed by atoms with van der Waals surface area (Å²) in [6.45, 7) is 6.47. The van der Waals surface area contributed by atoms with Crippen LogP contribution in [0.2, 0.25) is 0 Å². The first-order valence-corrected chi connectivity index (χ1v) is 10.1. The van der Waals surface area contributed by atoms with Crippen LogP contribution in [-0.4, -0.2) is 29.9 Å². The van der Waals surface area contributed by atoms with E-state index in [-0.39, 0.29) is 12.5 Å². The van der Waals surface area contributed by atoms with Gasteiger partial charge in [0.05, 0.1) is 17.8 Å². The van der Waals surface area contributed by atoms with Gasteiger partial charge in [0.2, 0.25) is 0 Å². The number of esters is 1. The van der Waals surface area contributed by atoms with E-state index in [1.54, 1.807) is 17.9 Å². The van der Waals surface area contributed by atoms with Gasteiger partial charge >= 0.3 is 5.97 Å². The van der Waals surface area contributed by atoms with Gasteiger partial charge in [0.15, 0.2) is 0 Å². The second-order valence-corrected chi connectivity index (χ2v) is 7.03. The highest BCUT2D eigenvalue weighted by Gasteiger charge is 2.36. The Morgan fingerprint density at radius 2 is 1.69 bits per heavy atom. The van der Waals surface area contributed by atoms with E-state index in [1.807, 2.05) is 61.5 Å². The van der Waals surface area contributed by atoms with Gasteiger partial charge in [0.25, 0.3) is 5.91 Å². The first kappa shape index (κ1) is 20.6. The summed E-state index contributed by atoms with van der Waals surface area (Å²) in [5.41, 5.74) is 4.69. The second kappa shape index (κ2) is 9.37. The first-order valence-electron chi connectivity index (χ1n) is 10.1. The average molecular weight is 389 g/mol. The van der Waals surface area contributed by atoms with Gasteiger partial charge in [-0.05, 0) is 49.5 Å². The summed E-state index contributed by atoms with van der Waals surface area (Å²) in [6.07, 6.45) is 3.47. The van der Waals surface area contributed by atoms with Crippen LogP contribution in [0.3, 0.4) is 0 Å². The lowest BCUT2D eigenvalue weighted by atomic mass is 10.0. The third-order valence-electron chi connectivity index (χ3n) is 5.16. The summed E-state index contributed by atoms with van der Waals surface area (Å²) >= 11 is 0. The largest absolute Gasteiger partial charge is 0.462 e. The van der Waals surface area contributed by atoms with Crippen molar-refractivity contribution in [3.63, 3.8) is 0 Å². The molecule has 0 radical (unpaired) electrons. The molecule has 4 heteroatoms. The molecule has 1 aliphatic heterocycles. The Balaban J connectivity index is 1.92. The number of hydrogen-bond donors (Lipinski definition) is 0. The highest BCUT2D eigenvalue weighted by Crippen LogP contribution is 2.32. The minimum absolute atomic E-state index is 0.152. The van der Waals surface area contributed by atoms with Crippen LogP contribution in [0, 0.1) is 0 Å². The van der Waals surface area contributed by atoms with Crippen LogP contribution in [0.5, 0.6) is 0 Å². The van der Waals surface area contributed by atoms with Crippen molar-refractivity contribution < 1.29 is 14.3 Å². The average Bonchev–Trinajstić information content (AvgIpc) is 2.97. The zero-order valence-electron chi connectivity index (χ0n) is 17.3. The van der Waals surface area contributed by atoms with Crippen LogP contribution in [0.4, 0.5) is 0 Å². The van der Waals surface area contributed by atoms with Crippen LogP contribution < -0.4 is 0 Å². The number of ether oxygens (including phenoxy) is 1. The third kappa shape index (κ3) is 4.65. The fourth-order valence-electron chi connectivity index (χ4n) is 3.50. The molecular weight excluding hydrogens is 362 g/mol. The number of allylic oxidation sites excluding steroid dienone is 1. The van der Waals surface area contributed by atoms with Gasteiger partial charge in [0, 0.05) is 12.2 Å². The van der Waals surface area contributed by atoms with E-state index < -0.39 is 5.97 Å². The number of rotatable bonds is 7. The van der Waals surface area contributed by atoms with Crippen molar-refractivity contribution in [3.8, 4) is 0 Å². The molecular formula is C25H27NO3. The Bertz CT molecular complexity index is 940. The van der Waals surface area contributed by atoms with E-state index in [9.17, 15) is 9.59 Å². The number of carbonyl (C=O) groups excluding carboxylic acids is 2. The second-order valence-electron chi connectivity index (χ2n) is 7.03. The number of nitrogens with zero attached hydrogens (tertiary/aromatic N) is 1. The smallest absolute Gasteiger partial charge is 0.340 e. The van der Waals surface area contributed by atoms with E-state index in [2.05, 4.69) is 6.92 Å². The van der Waals surface area contributed by atoms with Gasteiger partial charge < -0.3 is 9.64 Å². The topological polar surface area (TPSA) is 46.6 Å². The molecule has 2 aromatic carbocycles. The van der Waals surface area contributed by atoms with Crippen molar-refractivity contribution in [1.29, 1.82) is 0 Å². The van der Waals surface area contributed by atoms with Crippen LogP contribution >= 0.6 is 0 Å². The molecule has 29 heavy (non-hydrogen) atoms. The maximum atomic E-state index is 13.2. The van der Waals surface area contributed by atoms with Crippen LogP contribution in [0.25, 0.3) is 6.08 Å². The van der Waals surface area contributed by atoms with Crippen LogP contribution in [0.1, 0.15) is 37.5 Å². The van der Waals surface area contributed by atoms with Gasteiger partial charge in [0.1, 0.15) is 0 Å². The summed E-state index contributed by atoms with van der Waals surface area (Å²) in [5.74, 6) is -0.599. The summed E-state index contributed by atoms with van der Waals surface area (Å²) in [5, 5.41) is 0. The summed E-state index contributed by atoms with van der Waals surface area (Å²) < 4.78 is 5.24. The number of benzene rings is 2. The Kier molecular flexibility index (Phi) is 6.65. The summed E-state index contributed by atoms with van der Waals surface area (Å²) in [4.78, 5) is 27.5. The van der Waals surface area contributed by atoms with Gasteiger partial charge in [-0.2, -0.15) is 0 Å². The minimum Gasteiger partial charge on any atom is -0.462 e. The van der Waals surface area contributed by atoms with Gasteiger partial charge in [-0.1, -0.05) is 61.5 Å². The molecule has 0 unspecified atom stereocenters. The molecule has 0 saturated heterocycles. The van der Waals surface area contributed by atoms with Crippen molar-refractivity contribution in [3.05, 3.63) is 88.1 Å². The normalized spacial score (nSPS) is 15.3. The number of amides is 1. The van der Waals surface area contributed by atoms with Gasteiger partial charge in [-0.3, -0.25) is 4.79 Å². The monoisotopic (exact) mass is 389 g/mol. The van der Waals surface area contributed by atoms with E-state index in [1.165, 1.54) is 5.56 Å². The minimum atomic E-state index is -0.447. The predicted molar refractivity (Wildman–Crippen MR) is 115 cm³/mol. The molecule has 2 aromatic rings. The SMILES string of the molecule is CCOC(=O)C1=C(C)N(CCc2ccccc2)C(=O)/C1=C\c1ccc(CC)cc1. The Labute approximate surface area is 172 Å². The molecule has 150 valence electrons. The highest BCUT2D eigenvalue weighted by molar-refractivity contribution is 6.16. The lowest BCUT2D eigenvalue weighted by Gasteiger charge is -2.17. The molecule has 1 heterocycles. The Hall–Kier alpha value is -3.14. The van der Waals surface area contributed by atoms with Crippen molar-refractivity contribution in [2.24, 2.45) is 0 Å². The Morgan fingerprint density at radius 1 is 1.00 bits per heavy atom. The molecule has 0 spiro atoms. The summed E-state index contributed by atoms with van der Waals surface area (Å²) in [7, 11) is 0. The maximum Gasteiger partial charge on any atom is 0.340 e. The molecule has 3 rings (SSSR count). The molecule has 0 bridgehead atoms. The quantitative estimate of drug-likeness (QED) is 0.515. The van der Waals surface area contributed by atoms with E-state index >= 15 is 0 Å². The van der Waals surface area contributed by atoms with Gasteiger partial charge in [-0.25, -0.2) is 4.79 Å². The van der Waals surface area contributed by atoms with Crippen molar-refractivity contribution in [2.45, 2.75) is 33.6 Å². The zero-order valence-corrected chi connectivity index (χ0v) is 17.3. The van der Waals surface area contributed by atoms with Crippen molar-refractivity contribution >= 4 is 18.0 Å². The molecule has 1 amide bonds. The standard InChI is InChI=1S/C25H27NO3/c1-4-19-11-13-21(14-12-19)17-22-23(25(28)29-5-2)18(3)26(24(22)27)16-15-20-9-7-6-8-10-20/h6-14,17H,4-5,15-16H2,1-3H3/b22-17-. The summed E-state index contributed by atoms with van der Waals surface area (Å²) in [6, 6.07) is 18.1. The van der Waals surface area contributed by atoms with Crippen molar-refractivity contribution in [1.82, 2.24) is 4.90 Å². The van der Waals surface area contributed by atoms with Crippen LogP contribution in [0.15, 0.2) is 71.4 Å². The molecule has 4 nitrogen and oxygen atoms in total. The molecule has 0 fully saturated rings. The van der Waals surface area contributed by atoms with E-state index in [4.69, 9.17) is 4.74 Å². The molecule has 1 aliphatic rings.